The molecular formula is C7H10ClNO. The molecule has 0 fully saturated rings. The molecule has 0 aliphatic carbocycles. The molecule has 3 heteroatoms. The molecule has 0 radical (unpaired) electrons. The van der Waals surface area contributed by atoms with Crippen molar-refractivity contribution in [3.8, 4) is 0 Å². The van der Waals surface area contributed by atoms with Gasteiger partial charge in [-0.05, 0) is 12.5 Å². The lowest BCUT2D eigenvalue weighted by Crippen LogP contribution is -2.22. The van der Waals surface area contributed by atoms with Crippen molar-refractivity contribution in [2.75, 3.05) is 13.7 Å². The minimum Gasteiger partial charge on any atom is -0.276 e. The molecule has 0 unspecified atom stereocenters. The monoisotopic (exact) mass is 159 g/mol. The van der Waals surface area contributed by atoms with Crippen LogP contribution >= 0.6 is 11.6 Å². The Morgan fingerprint density at radius 2 is 2.40 bits per heavy atom. The fourth-order valence-electron chi connectivity index (χ4n) is 0.826. The predicted octanol–water partition coefficient (Wildman–Crippen LogP) is 1.89. The van der Waals surface area contributed by atoms with Gasteiger partial charge in [0, 0.05) is 0 Å². The summed E-state index contributed by atoms with van der Waals surface area (Å²) in [6.45, 7) is 2.68. The van der Waals surface area contributed by atoms with Crippen LogP contribution in [0.15, 0.2) is 22.9 Å². The molecule has 0 saturated heterocycles. The normalized spacial score (nSPS) is 18.5. The van der Waals surface area contributed by atoms with E-state index in [4.69, 9.17) is 16.4 Å². The van der Waals surface area contributed by atoms with E-state index in [1.165, 1.54) is 0 Å². The fraction of sp³-hybridized carbons (Fsp3) is 0.429. The smallest absolute Gasteiger partial charge is 0.132 e. The van der Waals surface area contributed by atoms with E-state index in [1.54, 1.807) is 12.2 Å². The molecule has 1 aliphatic rings. The Bertz CT molecular complexity index is 186. The van der Waals surface area contributed by atoms with Gasteiger partial charge in [0.15, 0.2) is 0 Å². The second-order valence-corrected chi connectivity index (χ2v) is 2.48. The van der Waals surface area contributed by atoms with Gasteiger partial charge in [-0.3, -0.25) is 4.84 Å². The first-order valence-corrected chi connectivity index (χ1v) is 3.48. The molecule has 0 spiro atoms. The fourth-order valence-corrected chi connectivity index (χ4v) is 1.03. The van der Waals surface area contributed by atoms with Gasteiger partial charge >= 0.3 is 0 Å². The quantitative estimate of drug-likeness (QED) is 0.542. The second-order valence-electron chi connectivity index (χ2n) is 2.12. The van der Waals surface area contributed by atoms with Gasteiger partial charge in [-0.25, -0.2) is 5.06 Å². The van der Waals surface area contributed by atoms with Crippen LogP contribution in [0.2, 0.25) is 0 Å². The predicted molar refractivity (Wildman–Crippen MR) is 41.4 cm³/mol. The van der Waals surface area contributed by atoms with Crippen LogP contribution in [0.25, 0.3) is 0 Å². The summed E-state index contributed by atoms with van der Waals surface area (Å²) in [6.07, 6.45) is 3.99. The third kappa shape index (κ3) is 1.33. The van der Waals surface area contributed by atoms with E-state index in [0.717, 1.165) is 12.1 Å². The summed E-state index contributed by atoms with van der Waals surface area (Å²) in [5, 5.41) is 2.31. The first-order chi connectivity index (χ1) is 4.75. The molecule has 10 heavy (non-hydrogen) atoms. The number of rotatable bonds is 1. The van der Waals surface area contributed by atoms with Gasteiger partial charge in [-0.1, -0.05) is 23.8 Å². The number of nitrogens with zero attached hydrogens (tertiary/aromatic N) is 1. The van der Waals surface area contributed by atoms with Gasteiger partial charge in [-0.15, -0.1) is 0 Å². The average Bonchev–Trinajstić information content (AvgIpc) is 1.95. The number of hydrogen-bond donors (Lipinski definition) is 0. The molecule has 0 aromatic heterocycles. The highest BCUT2D eigenvalue weighted by Gasteiger charge is 2.09. The van der Waals surface area contributed by atoms with Crippen LogP contribution in [0.5, 0.6) is 0 Å². The van der Waals surface area contributed by atoms with Crippen LogP contribution in [0.1, 0.15) is 6.92 Å². The van der Waals surface area contributed by atoms with E-state index in [9.17, 15) is 0 Å². The molecule has 1 aliphatic heterocycles. The summed E-state index contributed by atoms with van der Waals surface area (Å²) in [6, 6.07) is 0. The van der Waals surface area contributed by atoms with E-state index >= 15 is 0 Å². The van der Waals surface area contributed by atoms with E-state index in [0.29, 0.717) is 5.16 Å². The Kier molecular flexibility index (Phi) is 2.35. The number of hydrogen-bond acceptors (Lipinski definition) is 2. The molecule has 2 nitrogen and oxygen atoms in total. The van der Waals surface area contributed by atoms with Gasteiger partial charge in [0.05, 0.1) is 13.7 Å². The number of hydroxylamine groups is 2. The van der Waals surface area contributed by atoms with Crippen molar-refractivity contribution in [3.63, 3.8) is 0 Å². The first-order valence-electron chi connectivity index (χ1n) is 3.10. The van der Waals surface area contributed by atoms with Crippen molar-refractivity contribution in [3.05, 3.63) is 22.9 Å². The van der Waals surface area contributed by atoms with E-state index in [-0.39, 0.29) is 0 Å². The van der Waals surface area contributed by atoms with Crippen LogP contribution in [0.4, 0.5) is 0 Å². The second kappa shape index (κ2) is 3.08. The topological polar surface area (TPSA) is 12.5 Å². The molecule has 0 aromatic carbocycles. The van der Waals surface area contributed by atoms with E-state index in [2.05, 4.69) is 0 Å². The molecule has 0 saturated carbocycles. The number of allylic oxidation sites excluding steroid dienone is 2. The molecule has 1 heterocycles. The summed E-state index contributed by atoms with van der Waals surface area (Å²) < 4.78 is 0. The summed E-state index contributed by atoms with van der Waals surface area (Å²) in [5.41, 5.74) is 1.04. The van der Waals surface area contributed by atoms with Gasteiger partial charge in [0.1, 0.15) is 5.16 Å². The molecular weight excluding hydrogens is 150 g/mol. The first kappa shape index (κ1) is 7.63. The van der Waals surface area contributed by atoms with Gasteiger partial charge in [0.25, 0.3) is 0 Å². The van der Waals surface area contributed by atoms with Crippen molar-refractivity contribution >= 4 is 11.6 Å². The minimum absolute atomic E-state index is 0.671. The maximum Gasteiger partial charge on any atom is 0.132 e. The van der Waals surface area contributed by atoms with Crippen molar-refractivity contribution in [2.45, 2.75) is 6.92 Å². The molecule has 0 N–H and O–H groups in total. The van der Waals surface area contributed by atoms with Gasteiger partial charge in [-0.2, -0.15) is 0 Å². The standard InChI is InChI=1S/C7H10ClNO/c1-6-4-3-5-9(10-2)7(6)8/h3-4H,5H2,1-2H3. The van der Waals surface area contributed by atoms with Crippen LogP contribution in [0.3, 0.4) is 0 Å². The highest BCUT2D eigenvalue weighted by atomic mass is 35.5. The van der Waals surface area contributed by atoms with Crippen LogP contribution in [-0.4, -0.2) is 18.7 Å². The van der Waals surface area contributed by atoms with Crippen LogP contribution in [-0.2, 0) is 4.84 Å². The van der Waals surface area contributed by atoms with E-state index < -0.39 is 0 Å². The third-order valence-corrected chi connectivity index (χ3v) is 1.89. The summed E-state index contributed by atoms with van der Waals surface area (Å²) in [5.74, 6) is 0. The lowest BCUT2D eigenvalue weighted by Gasteiger charge is -2.22. The maximum atomic E-state index is 5.86. The Hall–Kier alpha value is -0.470. The zero-order valence-electron chi connectivity index (χ0n) is 6.10. The molecule has 1 rings (SSSR count). The Morgan fingerprint density at radius 1 is 1.70 bits per heavy atom. The summed E-state index contributed by atoms with van der Waals surface area (Å²) in [4.78, 5) is 4.97. The van der Waals surface area contributed by atoms with Crippen LogP contribution < -0.4 is 0 Å². The zero-order chi connectivity index (χ0) is 7.56. The largest absolute Gasteiger partial charge is 0.276 e. The molecule has 0 bridgehead atoms. The highest BCUT2D eigenvalue weighted by Crippen LogP contribution is 2.19. The third-order valence-electron chi connectivity index (χ3n) is 1.40. The SMILES string of the molecule is CON1CC=CC(C)=C1Cl. The Morgan fingerprint density at radius 3 is 2.90 bits per heavy atom. The highest BCUT2D eigenvalue weighted by molar-refractivity contribution is 6.29. The van der Waals surface area contributed by atoms with Crippen molar-refractivity contribution in [1.82, 2.24) is 5.06 Å². The molecule has 56 valence electrons. The summed E-state index contributed by atoms with van der Waals surface area (Å²) >= 11 is 5.86. The number of halogens is 1. The van der Waals surface area contributed by atoms with Crippen molar-refractivity contribution in [2.24, 2.45) is 0 Å². The molecule has 0 amide bonds. The lowest BCUT2D eigenvalue weighted by atomic mass is 10.2. The zero-order valence-corrected chi connectivity index (χ0v) is 6.85. The lowest BCUT2D eigenvalue weighted by molar-refractivity contribution is -0.0848. The van der Waals surface area contributed by atoms with Gasteiger partial charge < -0.3 is 0 Å². The van der Waals surface area contributed by atoms with Crippen molar-refractivity contribution < 1.29 is 4.84 Å². The minimum atomic E-state index is 0.671. The van der Waals surface area contributed by atoms with Crippen molar-refractivity contribution in [1.29, 1.82) is 0 Å². The summed E-state index contributed by atoms with van der Waals surface area (Å²) in [7, 11) is 1.61. The molecule has 0 atom stereocenters. The average molecular weight is 160 g/mol. The van der Waals surface area contributed by atoms with Gasteiger partial charge in [0.2, 0.25) is 0 Å². The van der Waals surface area contributed by atoms with Crippen LogP contribution in [0, 0.1) is 0 Å². The maximum absolute atomic E-state index is 5.86. The van der Waals surface area contributed by atoms with E-state index in [1.807, 2.05) is 19.1 Å². The Balaban J connectivity index is 2.77. The molecule has 0 aromatic rings. The Labute approximate surface area is 65.7 Å².